The van der Waals surface area contributed by atoms with Crippen LogP contribution < -0.4 is 9.47 Å². The van der Waals surface area contributed by atoms with Gasteiger partial charge in [-0.15, -0.1) is 0 Å². The van der Waals surface area contributed by atoms with E-state index in [1.807, 2.05) is 0 Å². The molecule has 1 heterocycles. The van der Waals surface area contributed by atoms with Gasteiger partial charge in [0.2, 0.25) is 5.88 Å². The van der Waals surface area contributed by atoms with Gasteiger partial charge >= 0.3 is 0 Å². The summed E-state index contributed by atoms with van der Waals surface area (Å²) in [5, 5.41) is 0. The van der Waals surface area contributed by atoms with E-state index in [9.17, 15) is 8.42 Å². The van der Waals surface area contributed by atoms with Crippen molar-refractivity contribution in [1.29, 1.82) is 0 Å². The third-order valence-corrected chi connectivity index (χ3v) is 3.91. The maximum absolute atomic E-state index is 11.5. The van der Waals surface area contributed by atoms with Crippen LogP contribution in [-0.2, 0) is 9.05 Å². The van der Waals surface area contributed by atoms with E-state index in [2.05, 4.69) is 4.98 Å². The highest BCUT2D eigenvalue weighted by molar-refractivity contribution is 8.13. The van der Waals surface area contributed by atoms with Gasteiger partial charge in [0.25, 0.3) is 9.05 Å². The molecule has 2 rings (SSSR count). The van der Waals surface area contributed by atoms with Crippen molar-refractivity contribution in [2.45, 2.75) is 23.7 Å². The highest BCUT2D eigenvalue weighted by Gasteiger charge is 2.31. The van der Waals surface area contributed by atoms with Crippen LogP contribution in [0.25, 0.3) is 0 Å². The predicted molar refractivity (Wildman–Crippen MR) is 62.4 cm³/mol. The van der Waals surface area contributed by atoms with E-state index < -0.39 is 9.05 Å². The van der Waals surface area contributed by atoms with E-state index >= 15 is 0 Å². The van der Waals surface area contributed by atoms with Crippen LogP contribution in [0.15, 0.2) is 11.0 Å². The topological polar surface area (TPSA) is 65.5 Å². The molecule has 94 valence electrons. The summed E-state index contributed by atoms with van der Waals surface area (Å²) in [5.41, 5.74) is 0.780. The lowest BCUT2D eigenvalue weighted by Crippen LogP contribution is -2.04. The molecule has 0 bridgehead atoms. The zero-order valence-electron chi connectivity index (χ0n) is 9.44. The van der Waals surface area contributed by atoms with Gasteiger partial charge in [0.05, 0.1) is 19.9 Å². The summed E-state index contributed by atoms with van der Waals surface area (Å²) in [6, 6.07) is 1.61. The number of nitrogens with zero attached hydrogens (tertiary/aromatic N) is 1. The molecule has 1 aromatic rings. The molecule has 0 radical (unpaired) electrons. The first-order valence-corrected chi connectivity index (χ1v) is 7.36. The molecule has 0 saturated heterocycles. The van der Waals surface area contributed by atoms with Gasteiger partial charge in [-0.25, -0.2) is 13.4 Å². The highest BCUT2D eigenvalue weighted by atomic mass is 35.7. The van der Waals surface area contributed by atoms with Crippen LogP contribution in [0.1, 0.15) is 24.5 Å². The molecule has 1 saturated carbocycles. The van der Waals surface area contributed by atoms with Gasteiger partial charge in [-0.3, -0.25) is 0 Å². The Bertz CT molecular complexity index is 514. The van der Waals surface area contributed by atoms with Crippen LogP contribution in [-0.4, -0.2) is 27.6 Å². The number of ether oxygens (including phenoxy) is 2. The van der Waals surface area contributed by atoms with Gasteiger partial charge in [0.15, 0.2) is 4.90 Å². The van der Waals surface area contributed by atoms with Gasteiger partial charge in [0.1, 0.15) is 5.75 Å². The van der Waals surface area contributed by atoms with Gasteiger partial charge in [-0.2, -0.15) is 0 Å². The quantitative estimate of drug-likeness (QED) is 0.787. The largest absolute Gasteiger partial charge is 0.495 e. The van der Waals surface area contributed by atoms with E-state index in [1.165, 1.54) is 14.2 Å². The summed E-state index contributed by atoms with van der Waals surface area (Å²) < 4.78 is 32.9. The molecule has 0 N–H and O–H groups in total. The molecule has 0 aromatic carbocycles. The molecule has 0 spiro atoms. The summed E-state index contributed by atoms with van der Waals surface area (Å²) in [4.78, 5) is 3.95. The van der Waals surface area contributed by atoms with Crippen LogP contribution in [0.3, 0.4) is 0 Å². The minimum absolute atomic E-state index is 0.0127. The zero-order chi connectivity index (χ0) is 12.6. The Morgan fingerprint density at radius 2 is 2.00 bits per heavy atom. The molecular weight excluding hydrogens is 266 g/mol. The summed E-state index contributed by atoms with van der Waals surface area (Å²) in [6.45, 7) is 0. The van der Waals surface area contributed by atoms with Gasteiger partial charge in [-0.05, 0) is 12.8 Å². The van der Waals surface area contributed by atoms with E-state index in [0.29, 0.717) is 5.92 Å². The zero-order valence-corrected chi connectivity index (χ0v) is 11.0. The first kappa shape index (κ1) is 12.4. The van der Waals surface area contributed by atoms with Gasteiger partial charge < -0.3 is 9.47 Å². The van der Waals surface area contributed by atoms with Crippen LogP contribution in [0.5, 0.6) is 11.6 Å². The molecule has 1 aliphatic carbocycles. The molecule has 0 atom stereocenters. The average molecular weight is 278 g/mol. The van der Waals surface area contributed by atoms with Crippen molar-refractivity contribution < 1.29 is 17.9 Å². The second-order valence-corrected chi connectivity index (χ2v) is 6.30. The molecule has 17 heavy (non-hydrogen) atoms. The lowest BCUT2D eigenvalue weighted by atomic mass is 10.2. The summed E-state index contributed by atoms with van der Waals surface area (Å²) in [5.74, 6) is 0.528. The second kappa shape index (κ2) is 4.34. The SMILES string of the molecule is COc1cc(C2CC2)nc(OC)c1S(=O)(=O)Cl. The third-order valence-electron chi connectivity index (χ3n) is 2.58. The molecular formula is C10H12ClNO4S. The fourth-order valence-corrected chi connectivity index (χ4v) is 2.75. The van der Waals surface area contributed by atoms with Crippen LogP contribution in [0.2, 0.25) is 0 Å². The number of pyridine rings is 1. The first-order valence-electron chi connectivity index (χ1n) is 5.05. The summed E-state index contributed by atoms with van der Waals surface area (Å²) in [6.07, 6.45) is 2.10. The molecule has 7 heteroatoms. The Balaban J connectivity index is 2.63. The van der Waals surface area contributed by atoms with Crippen molar-refractivity contribution in [2.75, 3.05) is 14.2 Å². The Hall–Kier alpha value is -1.01. The third kappa shape index (κ3) is 2.47. The van der Waals surface area contributed by atoms with E-state index in [4.69, 9.17) is 20.2 Å². The first-order chi connectivity index (χ1) is 7.97. The van der Waals surface area contributed by atoms with Crippen molar-refractivity contribution in [2.24, 2.45) is 0 Å². The van der Waals surface area contributed by atoms with Crippen molar-refractivity contribution in [1.82, 2.24) is 4.98 Å². The maximum Gasteiger partial charge on any atom is 0.270 e. The number of aromatic nitrogens is 1. The molecule has 5 nitrogen and oxygen atoms in total. The number of halogens is 1. The molecule has 0 aliphatic heterocycles. The Morgan fingerprint density at radius 3 is 2.41 bits per heavy atom. The van der Waals surface area contributed by atoms with Crippen LogP contribution in [0.4, 0.5) is 0 Å². The summed E-state index contributed by atoms with van der Waals surface area (Å²) >= 11 is 0. The van der Waals surface area contributed by atoms with Crippen molar-refractivity contribution in [3.05, 3.63) is 11.8 Å². The smallest absolute Gasteiger partial charge is 0.270 e. The van der Waals surface area contributed by atoms with E-state index in [0.717, 1.165) is 18.5 Å². The standard InChI is InChI=1S/C10H12ClNO4S/c1-15-8-5-7(6-3-4-6)12-10(16-2)9(8)17(11,13)14/h5-6H,3-4H2,1-2H3. The normalized spacial score (nSPS) is 15.7. The number of hydrogen-bond donors (Lipinski definition) is 0. The molecule has 0 amide bonds. The lowest BCUT2D eigenvalue weighted by Gasteiger charge is -2.11. The average Bonchev–Trinajstić information content (AvgIpc) is 3.09. The van der Waals surface area contributed by atoms with Gasteiger partial charge in [0, 0.05) is 22.7 Å². The van der Waals surface area contributed by atoms with E-state index in [-0.39, 0.29) is 16.5 Å². The van der Waals surface area contributed by atoms with Crippen LogP contribution >= 0.6 is 10.7 Å². The fraction of sp³-hybridized carbons (Fsp3) is 0.500. The lowest BCUT2D eigenvalue weighted by molar-refractivity contribution is 0.360. The molecule has 1 aliphatic rings. The Labute approximate surface area is 104 Å². The molecule has 0 unspecified atom stereocenters. The highest BCUT2D eigenvalue weighted by Crippen LogP contribution is 2.43. The molecule has 1 fully saturated rings. The monoisotopic (exact) mass is 277 g/mol. The minimum atomic E-state index is -3.95. The minimum Gasteiger partial charge on any atom is -0.495 e. The van der Waals surface area contributed by atoms with Crippen molar-refractivity contribution in [3.63, 3.8) is 0 Å². The van der Waals surface area contributed by atoms with Crippen molar-refractivity contribution in [3.8, 4) is 11.6 Å². The maximum atomic E-state index is 11.5. The Morgan fingerprint density at radius 1 is 1.35 bits per heavy atom. The van der Waals surface area contributed by atoms with Crippen molar-refractivity contribution >= 4 is 19.7 Å². The number of rotatable bonds is 4. The van der Waals surface area contributed by atoms with Gasteiger partial charge in [-0.1, -0.05) is 0 Å². The second-order valence-electron chi connectivity index (χ2n) is 3.80. The number of hydrogen-bond acceptors (Lipinski definition) is 5. The fourth-order valence-electron chi connectivity index (χ4n) is 1.61. The van der Waals surface area contributed by atoms with E-state index in [1.54, 1.807) is 6.07 Å². The molecule has 1 aromatic heterocycles. The Kier molecular flexibility index (Phi) is 3.18. The van der Waals surface area contributed by atoms with Crippen LogP contribution in [0, 0.1) is 0 Å². The number of methoxy groups -OCH3 is 2. The summed E-state index contributed by atoms with van der Waals surface area (Å²) in [7, 11) is 4.13. The predicted octanol–water partition coefficient (Wildman–Crippen LogP) is 1.90.